The van der Waals surface area contributed by atoms with E-state index in [9.17, 15) is 0 Å². The van der Waals surface area contributed by atoms with E-state index in [-0.39, 0.29) is 0 Å². The minimum atomic E-state index is 1.12. The van der Waals surface area contributed by atoms with Gasteiger partial charge in [-0.15, -0.1) is 0 Å². The molecule has 0 atom stereocenters. The Kier molecular flexibility index (Phi) is 7.85. The van der Waals surface area contributed by atoms with E-state index in [1.54, 1.807) is 0 Å². The number of nitrogens with zero attached hydrogens (tertiary/aromatic N) is 2. The van der Waals surface area contributed by atoms with E-state index in [1.165, 1.54) is 66.0 Å². The zero-order valence-corrected chi connectivity index (χ0v) is 29.7. The number of fused-ring (bicyclic) bond motifs is 4. The zero-order valence-electron chi connectivity index (χ0n) is 29.7. The number of aromatic nitrogens is 1. The average molecular weight is 689 g/mol. The summed E-state index contributed by atoms with van der Waals surface area (Å²) in [5.41, 5.74) is 14.2. The minimum Gasteiger partial charge on any atom is -0.310 e. The van der Waals surface area contributed by atoms with Crippen molar-refractivity contribution in [2.45, 2.75) is 0 Å². The molecule has 0 aliphatic heterocycles. The van der Waals surface area contributed by atoms with Gasteiger partial charge in [-0.2, -0.15) is 0 Å². The van der Waals surface area contributed by atoms with Gasteiger partial charge in [0.2, 0.25) is 0 Å². The topological polar surface area (TPSA) is 8.17 Å². The molecular weight excluding hydrogens is 653 g/mol. The lowest BCUT2D eigenvalue weighted by molar-refractivity contribution is 1.18. The molecule has 0 spiro atoms. The van der Waals surface area contributed by atoms with Gasteiger partial charge in [0.15, 0.2) is 0 Å². The van der Waals surface area contributed by atoms with E-state index < -0.39 is 0 Å². The van der Waals surface area contributed by atoms with E-state index in [1.807, 2.05) is 0 Å². The van der Waals surface area contributed by atoms with Crippen molar-refractivity contribution < 1.29 is 0 Å². The van der Waals surface area contributed by atoms with Crippen molar-refractivity contribution in [1.29, 1.82) is 0 Å². The number of anilines is 3. The monoisotopic (exact) mass is 688 g/mol. The SMILES string of the molecule is c1ccc(-c2ccc(N(c3ccccc3)c3cccc4c(-c5ccc6c(c5)c5ccccc5n6-c5ccc(-c6ccccc6)cc5)cccc34)cc2)cc1. The fraction of sp³-hybridized carbons (Fsp3) is 0. The molecule has 254 valence electrons. The fourth-order valence-electron chi connectivity index (χ4n) is 8.03. The van der Waals surface area contributed by atoms with E-state index in [4.69, 9.17) is 0 Å². The summed E-state index contributed by atoms with van der Waals surface area (Å²) in [4.78, 5) is 2.38. The molecule has 0 radical (unpaired) electrons. The third-order valence-electron chi connectivity index (χ3n) is 10.6. The molecule has 2 nitrogen and oxygen atoms in total. The van der Waals surface area contributed by atoms with Crippen LogP contribution < -0.4 is 4.90 Å². The quantitative estimate of drug-likeness (QED) is 0.162. The molecule has 1 aromatic heterocycles. The van der Waals surface area contributed by atoms with Crippen LogP contribution in [0.1, 0.15) is 0 Å². The maximum Gasteiger partial charge on any atom is 0.0541 e. The van der Waals surface area contributed by atoms with Gasteiger partial charge in [0.1, 0.15) is 0 Å². The predicted molar refractivity (Wildman–Crippen MR) is 229 cm³/mol. The number of hydrogen-bond acceptors (Lipinski definition) is 1. The molecule has 1 heterocycles. The van der Waals surface area contributed by atoms with Crippen molar-refractivity contribution in [1.82, 2.24) is 4.57 Å². The first-order valence-corrected chi connectivity index (χ1v) is 18.5. The van der Waals surface area contributed by atoms with Crippen molar-refractivity contribution in [3.8, 4) is 39.1 Å². The van der Waals surface area contributed by atoms with Crippen LogP contribution in [0.15, 0.2) is 218 Å². The third kappa shape index (κ3) is 5.53. The number of hydrogen-bond donors (Lipinski definition) is 0. The molecule has 0 unspecified atom stereocenters. The molecule has 0 saturated carbocycles. The largest absolute Gasteiger partial charge is 0.310 e. The molecule has 0 fully saturated rings. The van der Waals surface area contributed by atoms with Crippen LogP contribution in [-0.2, 0) is 0 Å². The average Bonchev–Trinajstić information content (AvgIpc) is 3.59. The molecule has 0 amide bonds. The van der Waals surface area contributed by atoms with Crippen LogP contribution in [0, 0.1) is 0 Å². The third-order valence-corrected chi connectivity index (χ3v) is 10.6. The van der Waals surface area contributed by atoms with Gasteiger partial charge >= 0.3 is 0 Å². The number of para-hydroxylation sites is 2. The zero-order chi connectivity index (χ0) is 35.8. The summed E-state index contributed by atoms with van der Waals surface area (Å²) >= 11 is 0. The Bertz CT molecular complexity index is 2890. The summed E-state index contributed by atoms with van der Waals surface area (Å²) in [5.74, 6) is 0. The molecule has 10 rings (SSSR count). The Labute approximate surface area is 315 Å². The Balaban J connectivity index is 1.09. The first kappa shape index (κ1) is 31.6. The summed E-state index contributed by atoms with van der Waals surface area (Å²) in [6.07, 6.45) is 0. The predicted octanol–water partition coefficient (Wildman–Crippen LogP) is 14.4. The van der Waals surface area contributed by atoms with Crippen LogP contribution in [0.4, 0.5) is 17.1 Å². The van der Waals surface area contributed by atoms with Gasteiger partial charge in [0.25, 0.3) is 0 Å². The second-order valence-electron chi connectivity index (χ2n) is 13.8. The Morgan fingerprint density at radius 3 is 1.50 bits per heavy atom. The van der Waals surface area contributed by atoms with Gasteiger partial charge in [-0.05, 0) is 99.4 Å². The maximum absolute atomic E-state index is 2.39. The molecule has 0 bridgehead atoms. The highest BCUT2D eigenvalue weighted by atomic mass is 15.1. The second kappa shape index (κ2) is 13.4. The van der Waals surface area contributed by atoms with E-state index >= 15 is 0 Å². The van der Waals surface area contributed by atoms with Gasteiger partial charge in [0, 0.05) is 33.2 Å². The molecule has 9 aromatic carbocycles. The smallest absolute Gasteiger partial charge is 0.0541 e. The Morgan fingerprint density at radius 2 is 0.796 bits per heavy atom. The maximum atomic E-state index is 2.39. The van der Waals surface area contributed by atoms with Crippen LogP contribution in [0.5, 0.6) is 0 Å². The van der Waals surface area contributed by atoms with Crippen LogP contribution in [0.2, 0.25) is 0 Å². The lowest BCUT2D eigenvalue weighted by atomic mass is 9.95. The van der Waals surface area contributed by atoms with E-state index in [0.717, 1.165) is 22.7 Å². The van der Waals surface area contributed by atoms with Crippen molar-refractivity contribution >= 4 is 49.6 Å². The number of benzene rings is 9. The fourth-order valence-corrected chi connectivity index (χ4v) is 8.03. The minimum absolute atomic E-state index is 1.12. The van der Waals surface area contributed by atoms with Crippen molar-refractivity contribution in [2.24, 2.45) is 0 Å². The van der Waals surface area contributed by atoms with Crippen LogP contribution in [-0.4, -0.2) is 4.57 Å². The Morgan fingerprint density at radius 1 is 0.296 bits per heavy atom. The summed E-state index contributed by atoms with van der Waals surface area (Å²) in [6, 6.07) is 78.8. The lowest BCUT2D eigenvalue weighted by Gasteiger charge is -2.27. The first-order valence-electron chi connectivity index (χ1n) is 18.5. The van der Waals surface area contributed by atoms with Gasteiger partial charge in [-0.3, -0.25) is 0 Å². The standard InChI is InChI=1S/C52H36N2/c1-4-14-37(15-5-1)39-26-31-43(32-27-39)53(42-18-8-3-9-19-42)50-25-13-22-46-45(21-12-23-47(46)50)41-30-35-52-49(36-41)48-20-10-11-24-51(48)54(52)44-33-28-40(29-34-44)38-16-6-2-7-17-38/h1-36H. The highest BCUT2D eigenvalue weighted by Crippen LogP contribution is 2.43. The van der Waals surface area contributed by atoms with Gasteiger partial charge < -0.3 is 9.47 Å². The summed E-state index contributed by atoms with van der Waals surface area (Å²) in [6.45, 7) is 0. The van der Waals surface area contributed by atoms with Gasteiger partial charge in [-0.1, -0.05) is 158 Å². The molecule has 0 N–H and O–H groups in total. The molecule has 2 heteroatoms. The second-order valence-corrected chi connectivity index (χ2v) is 13.8. The van der Waals surface area contributed by atoms with E-state index in [0.29, 0.717) is 0 Å². The molecule has 0 aliphatic rings. The number of rotatable bonds is 7. The van der Waals surface area contributed by atoms with E-state index in [2.05, 4.69) is 228 Å². The molecule has 0 saturated heterocycles. The molecular formula is C52H36N2. The van der Waals surface area contributed by atoms with Crippen molar-refractivity contribution in [3.05, 3.63) is 218 Å². The van der Waals surface area contributed by atoms with Crippen LogP contribution in [0.25, 0.3) is 71.6 Å². The van der Waals surface area contributed by atoms with Gasteiger partial charge in [-0.25, -0.2) is 0 Å². The molecule has 0 aliphatic carbocycles. The summed E-state index contributed by atoms with van der Waals surface area (Å²) in [7, 11) is 0. The van der Waals surface area contributed by atoms with Crippen LogP contribution in [0.3, 0.4) is 0 Å². The van der Waals surface area contributed by atoms with Gasteiger partial charge in [0.05, 0.1) is 16.7 Å². The normalized spacial score (nSPS) is 11.3. The first-order chi connectivity index (χ1) is 26.8. The highest BCUT2D eigenvalue weighted by Gasteiger charge is 2.18. The lowest BCUT2D eigenvalue weighted by Crippen LogP contribution is -2.10. The summed E-state index contributed by atoms with van der Waals surface area (Å²) in [5, 5.41) is 4.91. The van der Waals surface area contributed by atoms with Crippen molar-refractivity contribution in [3.63, 3.8) is 0 Å². The highest BCUT2D eigenvalue weighted by molar-refractivity contribution is 6.12. The summed E-state index contributed by atoms with van der Waals surface area (Å²) < 4.78 is 2.39. The van der Waals surface area contributed by atoms with Crippen LogP contribution >= 0.6 is 0 Å². The molecule has 54 heavy (non-hydrogen) atoms. The molecule has 10 aromatic rings. The van der Waals surface area contributed by atoms with Crippen molar-refractivity contribution in [2.75, 3.05) is 4.90 Å². The Hall–Kier alpha value is -7.16.